The molecule has 5 rings (SSSR count). The van der Waals surface area contributed by atoms with Crippen molar-refractivity contribution in [2.45, 2.75) is 6.54 Å². The Morgan fingerprint density at radius 3 is 2.83 bits per heavy atom. The van der Waals surface area contributed by atoms with Crippen LogP contribution in [-0.2, 0) is 6.54 Å². The highest BCUT2D eigenvalue weighted by atomic mass is 19.1. The van der Waals surface area contributed by atoms with E-state index < -0.39 is 0 Å². The lowest BCUT2D eigenvalue weighted by Crippen LogP contribution is -2.05. The van der Waals surface area contributed by atoms with Crippen LogP contribution < -0.4 is 10.1 Å². The van der Waals surface area contributed by atoms with Gasteiger partial charge in [-0.15, -0.1) is 10.2 Å². The molecule has 1 N–H and O–H groups in total. The number of halogens is 1. The summed E-state index contributed by atoms with van der Waals surface area (Å²) >= 11 is 0. The van der Waals surface area contributed by atoms with Gasteiger partial charge < -0.3 is 10.1 Å². The number of pyridine rings is 3. The number of fused-ring (bicyclic) bond motifs is 2. The number of anilines is 1. The second-order valence-electron chi connectivity index (χ2n) is 6.73. The van der Waals surface area contributed by atoms with Crippen LogP contribution >= 0.6 is 0 Å². The fraction of sp³-hybridized carbons (Fsp3) is 0.0909. The summed E-state index contributed by atoms with van der Waals surface area (Å²) < 4.78 is 20.7. The first-order valence-corrected chi connectivity index (χ1v) is 9.33. The zero-order valence-corrected chi connectivity index (χ0v) is 16.1. The Hall–Kier alpha value is -4.07. The van der Waals surface area contributed by atoms with Crippen LogP contribution in [0.3, 0.4) is 0 Å². The SMILES string of the molecule is COc1cnc2c(NCc3nnc4ccc(-c5cccc(F)c5)cn34)ccnc2c1. The van der Waals surface area contributed by atoms with Crippen molar-refractivity contribution in [1.29, 1.82) is 0 Å². The van der Waals surface area contributed by atoms with Gasteiger partial charge in [0.2, 0.25) is 0 Å². The Morgan fingerprint density at radius 1 is 1.03 bits per heavy atom. The van der Waals surface area contributed by atoms with Crippen LogP contribution in [0, 0.1) is 5.82 Å². The third kappa shape index (κ3) is 3.28. The minimum absolute atomic E-state index is 0.271. The Morgan fingerprint density at radius 2 is 1.97 bits per heavy atom. The first kappa shape index (κ1) is 18.0. The predicted octanol–water partition coefficient (Wildman–Crippen LogP) is 4.10. The topological polar surface area (TPSA) is 77.2 Å². The van der Waals surface area contributed by atoms with Crippen molar-refractivity contribution in [2.24, 2.45) is 0 Å². The van der Waals surface area contributed by atoms with Gasteiger partial charge in [0.25, 0.3) is 0 Å². The maximum absolute atomic E-state index is 13.6. The second kappa shape index (κ2) is 7.40. The summed E-state index contributed by atoms with van der Waals surface area (Å²) in [6, 6.07) is 14.0. The molecule has 0 amide bonds. The molecule has 0 saturated carbocycles. The van der Waals surface area contributed by atoms with Gasteiger partial charge in [-0.05, 0) is 41.5 Å². The average Bonchev–Trinajstić information content (AvgIpc) is 3.19. The first-order valence-electron chi connectivity index (χ1n) is 9.33. The number of aromatic nitrogens is 5. The van der Waals surface area contributed by atoms with Gasteiger partial charge >= 0.3 is 0 Å². The molecule has 148 valence electrons. The molecule has 4 heterocycles. The Kier molecular flexibility index (Phi) is 4.44. The number of benzene rings is 1. The van der Waals surface area contributed by atoms with Gasteiger partial charge in [0.15, 0.2) is 11.5 Å². The summed E-state index contributed by atoms with van der Waals surface area (Å²) in [5.41, 5.74) is 4.70. The molecule has 0 atom stereocenters. The number of methoxy groups -OCH3 is 1. The van der Waals surface area contributed by atoms with E-state index in [9.17, 15) is 4.39 Å². The van der Waals surface area contributed by atoms with E-state index in [0.29, 0.717) is 12.3 Å². The van der Waals surface area contributed by atoms with E-state index in [1.807, 2.05) is 40.9 Å². The van der Waals surface area contributed by atoms with Gasteiger partial charge in [0, 0.05) is 18.5 Å². The van der Waals surface area contributed by atoms with E-state index in [0.717, 1.165) is 39.3 Å². The molecule has 1 aromatic carbocycles. The molecule has 4 aromatic heterocycles. The van der Waals surface area contributed by atoms with E-state index in [2.05, 4.69) is 25.5 Å². The minimum Gasteiger partial charge on any atom is -0.495 e. The number of nitrogens with zero attached hydrogens (tertiary/aromatic N) is 5. The van der Waals surface area contributed by atoms with Gasteiger partial charge in [-0.2, -0.15) is 0 Å². The van der Waals surface area contributed by atoms with Crippen molar-refractivity contribution in [2.75, 3.05) is 12.4 Å². The maximum Gasteiger partial charge on any atom is 0.160 e. The third-order valence-electron chi connectivity index (χ3n) is 4.86. The van der Waals surface area contributed by atoms with E-state index in [1.54, 1.807) is 25.6 Å². The van der Waals surface area contributed by atoms with Crippen LogP contribution in [0.25, 0.3) is 27.8 Å². The maximum atomic E-state index is 13.6. The Labute approximate surface area is 171 Å². The van der Waals surface area contributed by atoms with Crippen LogP contribution in [-0.4, -0.2) is 31.7 Å². The summed E-state index contributed by atoms with van der Waals surface area (Å²) in [6.45, 7) is 0.431. The van der Waals surface area contributed by atoms with Gasteiger partial charge in [0.1, 0.15) is 17.1 Å². The van der Waals surface area contributed by atoms with E-state index in [1.165, 1.54) is 12.1 Å². The lowest BCUT2D eigenvalue weighted by Gasteiger charge is -2.09. The van der Waals surface area contributed by atoms with Gasteiger partial charge in [-0.1, -0.05) is 12.1 Å². The highest BCUT2D eigenvalue weighted by molar-refractivity contribution is 5.87. The smallest absolute Gasteiger partial charge is 0.160 e. The molecule has 0 unspecified atom stereocenters. The van der Waals surface area contributed by atoms with Crippen molar-refractivity contribution in [1.82, 2.24) is 24.6 Å². The van der Waals surface area contributed by atoms with Crippen LogP contribution in [0.5, 0.6) is 5.75 Å². The summed E-state index contributed by atoms with van der Waals surface area (Å²) in [5.74, 6) is 1.11. The Bertz CT molecular complexity index is 1370. The van der Waals surface area contributed by atoms with Crippen molar-refractivity contribution in [3.05, 3.63) is 78.8 Å². The van der Waals surface area contributed by atoms with Crippen molar-refractivity contribution < 1.29 is 9.13 Å². The minimum atomic E-state index is -0.271. The van der Waals surface area contributed by atoms with Crippen molar-refractivity contribution >= 4 is 22.4 Å². The van der Waals surface area contributed by atoms with E-state index >= 15 is 0 Å². The predicted molar refractivity (Wildman–Crippen MR) is 112 cm³/mol. The van der Waals surface area contributed by atoms with Crippen molar-refractivity contribution in [3.63, 3.8) is 0 Å². The monoisotopic (exact) mass is 400 g/mol. The molecule has 0 spiro atoms. The number of nitrogens with one attached hydrogen (secondary N) is 1. The molecular formula is C22H17FN6O. The van der Waals surface area contributed by atoms with Gasteiger partial charge in [-0.3, -0.25) is 9.38 Å². The molecule has 30 heavy (non-hydrogen) atoms. The number of hydrogen-bond acceptors (Lipinski definition) is 6. The van der Waals surface area contributed by atoms with Gasteiger partial charge in [-0.25, -0.2) is 9.37 Å². The summed E-state index contributed by atoms with van der Waals surface area (Å²) in [6.07, 6.45) is 5.29. The van der Waals surface area contributed by atoms with Crippen LogP contribution in [0.15, 0.2) is 67.1 Å². The largest absolute Gasteiger partial charge is 0.495 e. The molecule has 0 fully saturated rings. The van der Waals surface area contributed by atoms with Crippen LogP contribution in [0.4, 0.5) is 10.1 Å². The lowest BCUT2D eigenvalue weighted by atomic mass is 10.1. The summed E-state index contributed by atoms with van der Waals surface area (Å²) in [7, 11) is 1.60. The normalized spacial score (nSPS) is 11.1. The molecule has 0 saturated heterocycles. The summed E-state index contributed by atoms with van der Waals surface area (Å²) in [5, 5.41) is 11.9. The molecule has 7 nitrogen and oxygen atoms in total. The first-order chi connectivity index (χ1) is 14.7. The zero-order valence-electron chi connectivity index (χ0n) is 16.1. The molecule has 0 bridgehead atoms. The van der Waals surface area contributed by atoms with E-state index in [4.69, 9.17) is 4.74 Å². The summed E-state index contributed by atoms with van der Waals surface area (Å²) in [4.78, 5) is 8.80. The number of ether oxygens (including phenoxy) is 1. The fourth-order valence-corrected chi connectivity index (χ4v) is 3.34. The average molecular weight is 400 g/mol. The molecule has 5 aromatic rings. The Balaban J connectivity index is 1.46. The molecular weight excluding hydrogens is 383 g/mol. The van der Waals surface area contributed by atoms with Gasteiger partial charge in [0.05, 0.1) is 31.1 Å². The lowest BCUT2D eigenvalue weighted by molar-refractivity contribution is 0.413. The molecule has 0 aliphatic heterocycles. The highest BCUT2D eigenvalue weighted by Gasteiger charge is 2.10. The quantitative estimate of drug-likeness (QED) is 0.479. The third-order valence-corrected chi connectivity index (χ3v) is 4.86. The standard InChI is InChI=1S/C22H17FN6O/c1-30-17-10-19-22(26-11-17)18(7-8-24-19)25-12-21-28-27-20-6-5-15(13-29(20)21)14-3-2-4-16(23)9-14/h2-11,13H,12H2,1H3,(H,24,25). The molecule has 0 aliphatic rings. The number of rotatable bonds is 5. The molecule has 8 heteroatoms. The number of hydrogen-bond donors (Lipinski definition) is 1. The fourth-order valence-electron chi connectivity index (χ4n) is 3.34. The highest BCUT2D eigenvalue weighted by Crippen LogP contribution is 2.24. The molecule has 0 aliphatic carbocycles. The van der Waals surface area contributed by atoms with Crippen molar-refractivity contribution in [3.8, 4) is 16.9 Å². The second-order valence-corrected chi connectivity index (χ2v) is 6.73. The zero-order chi connectivity index (χ0) is 20.5. The van der Waals surface area contributed by atoms with E-state index in [-0.39, 0.29) is 5.82 Å². The van der Waals surface area contributed by atoms with Crippen LogP contribution in [0.2, 0.25) is 0 Å². The van der Waals surface area contributed by atoms with Crippen LogP contribution in [0.1, 0.15) is 5.82 Å². The molecule has 0 radical (unpaired) electrons.